The van der Waals surface area contributed by atoms with Crippen molar-refractivity contribution in [3.05, 3.63) is 23.5 Å². The molecule has 0 saturated carbocycles. The Kier molecular flexibility index (Phi) is 4.07. The zero-order chi connectivity index (χ0) is 13.1. The van der Waals surface area contributed by atoms with Crippen molar-refractivity contribution in [1.29, 1.82) is 0 Å². The molecule has 0 aliphatic carbocycles. The van der Waals surface area contributed by atoms with Gasteiger partial charge in [-0.25, -0.2) is 4.39 Å². The Morgan fingerprint density at radius 1 is 1.44 bits per heavy atom. The number of hydrogen-bond donors (Lipinski definition) is 1. The lowest BCUT2D eigenvalue weighted by Crippen LogP contribution is -2.40. The minimum Gasteiger partial charge on any atom is -0.490 e. The summed E-state index contributed by atoms with van der Waals surface area (Å²) in [6.07, 6.45) is 3.65. The summed E-state index contributed by atoms with van der Waals surface area (Å²) >= 11 is 0. The van der Waals surface area contributed by atoms with Gasteiger partial charge in [0.2, 0.25) is 0 Å². The van der Waals surface area contributed by atoms with E-state index in [1.807, 2.05) is 0 Å². The Morgan fingerprint density at radius 3 is 2.94 bits per heavy atom. The molecule has 1 heterocycles. The van der Waals surface area contributed by atoms with Gasteiger partial charge in [0, 0.05) is 12.1 Å². The molecule has 0 aromatic heterocycles. The molecule has 3 nitrogen and oxygen atoms in total. The van der Waals surface area contributed by atoms with E-state index in [1.54, 1.807) is 13.0 Å². The predicted octanol–water partition coefficient (Wildman–Crippen LogP) is 2.58. The third-order valence-corrected chi connectivity index (χ3v) is 3.64. The van der Waals surface area contributed by atoms with Gasteiger partial charge in [0.1, 0.15) is 18.2 Å². The molecule has 0 spiro atoms. The van der Waals surface area contributed by atoms with Crippen molar-refractivity contribution in [1.82, 2.24) is 4.90 Å². The second-order valence-corrected chi connectivity index (χ2v) is 5.08. The summed E-state index contributed by atoms with van der Waals surface area (Å²) in [5.41, 5.74) is 6.70. The second kappa shape index (κ2) is 5.57. The average Bonchev–Trinajstić information content (AvgIpc) is 2.34. The first kappa shape index (κ1) is 13.1. The molecule has 0 radical (unpaired) electrons. The summed E-state index contributed by atoms with van der Waals surface area (Å²) in [5.74, 6) is 0.308. The number of rotatable bonds is 3. The molecule has 1 aliphatic rings. The van der Waals surface area contributed by atoms with Crippen molar-refractivity contribution in [2.24, 2.45) is 0 Å². The fourth-order valence-electron chi connectivity index (χ4n) is 2.34. The molecule has 1 atom stereocenters. The summed E-state index contributed by atoms with van der Waals surface area (Å²) in [7, 11) is 2.12. The molecule has 18 heavy (non-hydrogen) atoms. The maximum absolute atomic E-state index is 13.3. The first-order valence-electron chi connectivity index (χ1n) is 6.46. The van der Waals surface area contributed by atoms with Crippen LogP contribution in [-0.2, 0) is 0 Å². The van der Waals surface area contributed by atoms with Crippen LogP contribution in [0.2, 0.25) is 0 Å². The number of aryl methyl sites for hydroxylation is 1. The Balaban J connectivity index is 1.99. The molecular formula is C14H21FN2O. The van der Waals surface area contributed by atoms with Gasteiger partial charge in [0.15, 0.2) is 0 Å². The number of piperidine rings is 1. The SMILES string of the molecule is Cc1cc(OCC2CCCCN2C)c(N)cc1F. The van der Waals surface area contributed by atoms with Gasteiger partial charge in [0.05, 0.1) is 5.69 Å². The fraction of sp³-hybridized carbons (Fsp3) is 0.571. The van der Waals surface area contributed by atoms with Crippen molar-refractivity contribution in [3.63, 3.8) is 0 Å². The summed E-state index contributed by atoms with van der Waals surface area (Å²) in [6.45, 7) is 3.45. The highest BCUT2D eigenvalue weighted by Gasteiger charge is 2.19. The standard InChI is InChI=1S/C14H21FN2O/c1-10-7-14(13(16)8-12(10)15)18-9-11-5-3-4-6-17(11)2/h7-8,11H,3-6,9,16H2,1-2H3. The van der Waals surface area contributed by atoms with Gasteiger partial charge in [-0.05, 0) is 45.0 Å². The van der Waals surface area contributed by atoms with E-state index in [9.17, 15) is 4.39 Å². The third-order valence-electron chi connectivity index (χ3n) is 3.64. The van der Waals surface area contributed by atoms with E-state index in [2.05, 4.69) is 11.9 Å². The molecule has 2 rings (SSSR count). The molecule has 1 aromatic carbocycles. The fourth-order valence-corrected chi connectivity index (χ4v) is 2.34. The number of nitrogen functional groups attached to an aromatic ring is 1. The highest BCUT2D eigenvalue weighted by molar-refractivity contribution is 5.54. The van der Waals surface area contributed by atoms with Crippen molar-refractivity contribution in [2.75, 3.05) is 25.9 Å². The Labute approximate surface area is 108 Å². The molecule has 1 saturated heterocycles. The zero-order valence-electron chi connectivity index (χ0n) is 11.1. The summed E-state index contributed by atoms with van der Waals surface area (Å²) < 4.78 is 19.0. The van der Waals surface area contributed by atoms with Gasteiger partial charge in [0.25, 0.3) is 0 Å². The van der Waals surface area contributed by atoms with Gasteiger partial charge >= 0.3 is 0 Å². The number of nitrogens with two attached hydrogens (primary N) is 1. The lowest BCUT2D eigenvalue weighted by Gasteiger charge is -2.32. The maximum Gasteiger partial charge on any atom is 0.142 e. The Morgan fingerprint density at radius 2 is 2.22 bits per heavy atom. The topological polar surface area (TPSA) is 38.5 Å². The van der Waals surface area contributed by atoms with Crippen molar-refractivity contribution in [2.45, 2.75) is 32.2 Å². The molecule has 1 aromatic rings. The minimum absolute atomic E-state index is 0.283. The smallest absolute Gasteiger partial charge is 0.142 e. The number of halogens is 1. The van der Waals surface area contributed by atoms with Crippen molar-refractivity contribution in [3.8, 4) is 5.75 Å². The lowest BCUT2D eigenvalue weighted by atomic mass is 10.0. The van der Waals surface area contributed by atoms with Crippen molar-refractivity contribution < 1.29 is 9.13 Å². The molecule has 1 unspecified atom stereocenters. The molecule has 0 amide bonds. The Bertz CT molecular complexity index is 423. The zero-order valence-corrected chi connectivity index (χ0v) is 11.1. The van der Waals surface area contributed by atoms with E-state index in [4.69, 9.17) is 10.5 Å². The normalized spacial score (nSPS) is 20.9. The molecular weight excluding hydrogens is 231 g/mol. The number of ether oxygens (including phenoxy) is 1. The van der Waals surface area contributed by atoms with E-state index >= 15 is 0 Å². The van der Waals surface area contributed by atoms with Gasteiger partial charge in [-0.15, -0.1) is 0 Å². The van der Waals surface area contributed by atoms with E-state index in [0.717, 1.165) is 13.0 Å². The molecule has 0 bridgehead atoms. The first-order valence-corrected chi connectivity index (χ1v) is 6.46. The van der Waals surface area contributed by atoms with Crippen LogP contribution < -0.4 is 10.5 Å². The number of benzene rings is 1. The van der Waals surface area contributed by atoms with Gasteiger partial charge in [-0.1, -0.05) is 6.42 Å². The summed E-state index contributed by atoms with van der Waals surface area (Å²) in [4.78, 5) is 2.32. The number of likely N-dealkylation sites (tertiary alicyclic amines) is 1. The van der Waals surface area contributed by atoms with Crippen LogP contribution in [0.4, 0.5) is 10.1 Å². The van der Waals surface area contributed by atoms with Gasteiger partial charge in [-0.3, -0.25) is 0 Å². The highest BCUT2D eigenvalue weighted by atomic mass is 19.1. The quantitative estimate of drug-likeness (QED) is 0.840. The van der Waals surface area contributed by atoms with Crippen molar-refractivity contribution >= 4 is 5.69 Å². The molecule has 1 fully saturated rings. The van der Waals surface area contributed by atoms with E-state index in [0.29, 0.717) is 29.6 Å². The minimum atomic E-state index is -0.283. The molecule has 1 aliphatic heterocycles. The largest absolute Gasteiger partial charge is 0.490 e. The average molecular weight is 252 g/mol. The number of likely N-dealkylation sites (N-methyl/N-ethyl adjacent to an activating group) is 1. The van der Waals surface area contributed by atoms with Crippen LogP contribution in [0.25, 0.3) is 0 Å². The molecule has 100 valence electrons. The monoisotopic (exact) mass is 252 g/mol. The number of anilines is 1. The lowest BCUT2D eigenvalue weighted by molar-refractivity contribution is 0.125. The summed E-state index contributed by atoms with van der Waals surface area (Å²) in [5, 5.41) is 0. The van der Waals surface area contributed by atoms with Crippen LogP contribution >= 0.6 is 0 Å². The number of nitrogens with zero attached hydrogens (tertiary/aromatic N) is 1. The van der Waals surface area contributed by atoms with E-state index in [-0.39, 0.29) is 5.82 Å². The summed E-state index contributed by atoms with van der Waals surface area (Å²) in [6, 6.07) is 3.44. The molecule has 2 N–H and O–H groups in total. The molecule has 4 heteroatoms. The first-order chi connectivity index (χ1) is 8.58. The van der Waals surface area contributed by atoms with Crippen LogP contribution in [-0.4, -0.2) is 31.1 Å². The van der Waals surface area contributed by atoms with Gasteiger partial charge < -0.3 is 15.4 Å². The van der Waals surface area contributed by atoms with Crippen LogP contribution in [0.3, 0.4) is 0 Å². The maximum atomic E-state index is 13.3. The van der Waals surface area contributed by atoms with Crippen LogP contribution in [0.15, 0.2) is 12.1 Å². The van der Waals surface area contributed by atoms with E-state index < -0.39 is 0 Å². The van der Waals surface area contributed by atoms with Crippen LogP contribution in [0, 0.1) is 12.7 Å². The predicted molar refractivity (Wildman–Crippen MR) is 71.3 cm³/mol. The van der Waals surface area contributed by atoms with Gasteiger partial charge in [-0.2, -0.15) is 0 Å². The number of hydrogen-bond acceptors (Lipinski definition) is 3. The third kappa shape index (κ3) is 2.93. The van der Waals surface area contributed by atoms with Crippen LogP contribution in [0.5, 0.6) is 5.75 Å². The van der Waals surface area contributed by atoms with E-state index in [1.165, 1.54) is 18.9 Å². The second-order valence-electron chi connectivity index (χ2n) is 5.08. The van der Waals surface area contributed by atoms with Crippen LogP contribution in [0.1, 0.15) is 24.8 Å². The Hall–Kier alpha value is -1.29. The highest BCUT2D eigenvalue weighted by Crippen LogP contribution is 2.26.